The van der Waals surface area contributed by atoms with E-state index in [9.17, 15) is 30.0 Å². The molecule has 17 atom stereocenters. The molecule has 0 bridgehead atoms. The molecule has 0 spiro atoms. The number of carbonyl (C=O) groups excluding carboxylic acids is 2. The summed E-state index contributed by atoms with van der Waals surface area (Å²) in [5.41, 5.74) is 3.01. The van der Waals surface area contributed by atoms with E-state index in [-0.39, 0.29) is 12.4 Å². The van der Waals surface area contributed by atoms with E-state index in [1.807, 2.05) is 63.4 Å². The van der Waals surface area contributed by atoms with Crippen LogP contribution in [-0.4, -0.2) is 172 Å². The summed E-state index contributed by atoms with van der Waals surface area (Å²) in [6.45, 7) is 11.1. The number of para-hydroxylation sites is 1. The van der Waals surface area contributed by atoms with Crippen LogP contribution < -0.4 is 0 Å². The highest BCUT2D eigenvalue weighted by Crippen LogP contribution is 2.36. The van der Waals surface area contributed by atoms with Crippen LogP contribution in [0.1, 0.15) is 67.2 Å². The zero-order valence-electron chi connectivity index (χ0n) is 41.0. The first-order valence-corrected chi connectivity index (χ1v) is 23.8. The minimum Gasteiger partial charge on any atom is -0.462 e. The number of carbonyl (C=O) groups is 2. The third-order valence-electron chi connectivity index (χ3n) is 13.9. The number of nitrogens with zero attached hydrogens (tertiary/aromatic N) is 5. The van der Waals surface area contributed by atoms with Crippen molar-refractivity contribution in [2.75, 3.05) is 34.9 Å². The Hall–Kier alpha value is -4.05. The Morgan fingerprint density at radius 3 is 2.31 bits per heavy atom. The van der Waals surface area contributed by atoms with Crippen molar-refractivity contribution in [3.63, 3.8) is 0 Å². The zero-order valence-corrected chi connectivity index (χ0v) is 41.0. The van der Waals surface area contributed by atoms with E-state index < -0.39 is 116 Å². The lowest BCUT2D eigenvalue weighted by Crippen LogP contribution is -2.63. The van der Waals surface area contributed by atoms with Gasteiger partial charge in [-0.25, -0.2) is 0 Å². The van der Waals surface area contributed by atoms with Gasteiger partial charge in [0.1, 0.15) is 36.2 Å². The number of hydrogen-bond donors (Lipinski definition) is 4. The third-order valence-corrected chi connectivity index (χ3v) is 13.9. The normalized spacial score (nSPS) is 35.9. The maximum absolute atomic E-state index is 14.1. The molecule has 3 aliphatic rings. The summed E-state index contributed by atoms with van der Waals surface area (Å²) in [5, 5.41) is 55.4. The molecule has 1 aromatic carbocycles. The quantitative estimate of drug-likeness (QED) is 0.178. The predicted molar refractivity (Wildman–Crippen MR) is 251 cm³/mol. The second-order valence-corrected chi connectivity index (χ2v) is 19.0. The van der Waals surface area contributed by atoms with Gasteiger partial charge in [0.25, 0.3) is 0 Å². The topological polar surface area (TPSA) is 227 Å². The number of aliphatic hydroxyl groups excluding tert-OH is 4. The Morgan fingerprint density at radius 2 is 1.60 bits per heavy atom. The first-order chi connectivity index (χ1) is 32.4. The smallest absolute Gasteiger partial charge is 0.308 e. The van der Waals surface area contributed by atoms with E-state index in [0.717, 1.165) is 22.0 Å². The van der Waals surface area contributed by atoms with Crippen LogP contribution in [0.3, 0.4) is 0 Å². The van der Waals surface area contributed by atoms with E-state index in [1.54, 1.807) is 56.7 Å². The predicted octanol–water partition coefficient (Wildman–Crippen LogP) is 3.87. The van der Waals surface area contributed by atoms with E-state index >= 15 is 0 Å². The fourth-order valence-electron chi connectivity index (χ4n) is 9.74. The van der Waals surface area contributed by atoms with Gasteiger partial charge in [-0.2, -0.15) is 0 Å². The largest absolute Gasteiger partial charge is 0.462 e. The Morgan fingerprint density at radius 1 is 0.897 bits per heavy atom. The highest BCUT2D eigenvalue weighted by atomic mass is 16.7. The van der Waals surface area contributed by atoms with Crippen molar-refractivity contribution in [1.82, 2.24) is 24.9 Å². The Labute approximate surface area is 399 Å². The van der Waals surface area contributed by atoms with Crippen molar-refractivity contribution in [3.05, 3.63) is 66.5 Å². The number of methoxy groups -OCH3 is 2. The maximum Gasteiger partial charge on any atom is 0.308 e. The van der Waals surface area contributed by atoms with Gasteiger partial charge >= 0.3 is 5.97 Å². The molecule has 3 aromatic rings. The molecule has 0 amide bonds. The molecule has 0 aliphatic carbocycles. The summed E-state index contributed by atoms with van der Waals surface area (Å²) in [5.74, 6) is -3.10. The Balaban J connectivity index is 1.31. The zero-order chi connectivity index (χ0) is 49.4. The number of likely N-dealkylation sites (N-methyl/N-ethyl adjacent to an activating group) is 1. The lowest BCUT2D eigenvalue weighted by atomic mass is 9.79. The fourth-order valence-corrected chi connectivity index (χ4v) is 9.74. The Bertz CT molecular complexity index is 2170. The molecule has 18 nitrogen and oxygen atoms in total. The van der Waals surface area contributed by atoms with Gasteiger partial charge in [-0.3, -0.25) is 19.3 Å². The number of esters is 1. The molecule has 3 aliphatic heterocycles. The maximum atomic E-state index is 14.1. The monoisotopic (exact) mass is 952 g/mol. The van der Waals surface area contributed by atoms with Crippen molar-refractivity contribution in [2.24, 2.45) is 23.7 Å². The standard InChI is InChI=1S/C50H73N5O13/c1-11-40-35(26-64-50-48(63-10)47(62-9)44(60)31(6)66-50)20-27(2)16-17-38(56)28(3)21-33(18-19-55-25-37(52-53-55)34-22-32-14-12-13-15-36(32)51-24-34)46(29(4)39(57)23-41(58)67-40)68-49-45(61)42(54(7)8)43(59)30(5)65-49/h12-17,20,22,24-25,28-31,33,35,39-40,42-50,57,59-61H,11,18-19,21,23,26H2,1-10H3/t28-,29+,30-,31?,33+,35-,39-,40-,42?,43-,44-,45?,46-,47+,48?,49+,50-/m1/s1. The van der Waals surface area contributed by atoms with Gasteiger partial charge in [0.15, 0.2) is 18.4 Å². The number of aryl methyl sites for hydroxylation is 1. The van der Waals surface area contributed by atoms with E-state index in [1.165, 1.54) is 20.3 Å². The summed E-state index contributed by atoms with van der Waals surface area (Å²) in [6, 6.07) is 9.07. The van der Waals surface area contributed by atoms with Crippen molar-refractivity contribution in [2.45, 2.75) is 153 Å². The van der Waals surface area contributed by atoms with Crippen molar-refractivity contribution >= 4 is 22.7 Å². The van der Waals surface area contributed by atoms with Gasteiger partial charge < -0.3 is 58.5 Å². The first kappa shape index (κ1) is 53.3. The first-order valence-electron chi connectivity index (χ1n) is 23.8. The van der Waals surface area contributed by atoms with Gasteiger partial charge in [-0.05, 0) is 78.3 Å². The molecule has 2 saturated heterocycles. The summed E-state index contributed by atoms with van der Waals surface area (Å²) >= 11 is 0. The average molecular weight is 952 g/mol. The number of fused-ring (bicyclic) bond motifs is 1. The highest BCUT2D eigenvalue weighted by molar-refractivity contribution is 5.91. The second-order valence-electron chi connectivity index (χ2n) is 19.0. The SMILES string of the molecule is CC[C@H]1OC(=O)C[C@@H](O)[C@H](C)[C@@H](O[C@@H]2O[C@H](C)[C@@H](O)C(N(C)C)C2O)[C@@H](CCn2cc(-c3cnc4ccccc4c3)nn2)C[C@@H](C)C(=O)C=CC(C)=C[C@@H]1CO[C@@H]1OC(C)[C@@H](O)[C@H](OC)C1OC. The van der Waals surface area contributed by atoms with Gasteiger partial charge in [-0.1, -0.05) is 61.9 Å². The number of aromatic nitrogens is 4. The van der Waals surface area contributed by atoms with Gasteiger partial charge in [0.05, 0.1) is 61.3 Å². The lowest BCUT2D eigenvalue weighted by molar-refractivity contribution is -0.304. The lowest BCUT2D eigenvalue weighted by Gasteiger charge is -2.46. The molecule has 2 fully saturated rings. The molecular formula is C50H73N5O13. The number of ketones is 1. The van der Waals surface area contributed by atoms with Crippen LogP contribution in [0.4, 0.5) is 0 Å². The molecule has 0 radical (unpaired) electrons. The molecule has 6 rings (SSSR count). The number of hydrogen-bond acceptors (Lipinski definition) is 17. The summed E-state index contributed by atoms with van der Waals surface area (Å²) in [7, 11) is 6.46. The molecule has 376 valence electrons. The van der Waals surface area contributed by atoms with Gasteiger partial charge in [-0.15, -0.1) is 5.10 Å². The summed E-state index contributed by atoms with van der Waals surface area (Å²) in [6.07, 6.45) is -1.77. The number of aliphatic hydroxyl groups is 4. The number of pyridine rings is 1. The van der Waals surface area contributed by atoms with Crippen LogP contribution in [0, 0.1) is 23.7 Å². The number of benzene rings is 1. The van der Waals surface area contributed by atoms with Gasteiger partial charge in [0.2, 0.25) is 0 Å². The van der Waals surface area contributed by atoms with Crippen LogP contribution in [0.25, 0.3) is 22.2 Å². The van der Waals surface area contributed by atoms with Crippen LogP contribution in [-0.2, 0) is 49.3 Å². The number of cyclic esters (lactones) is 1. The van der Waals surface area contributed by atoms with E-state index in [2.05, 4.69) is 15.3 Å². The fraction of sp³-hybridized carbons (Fsp3) is 0.660. The third kappa shape index (κ3) is 12.8. The molecule has 4 unspecified atom stereocenters. The molecular weight excluding hydrogens is 879 g/mol. The molecule has 5 heterocycles. The van der Waals surface area contributed by atoms with Crippen LogP contribution in [0.5, 0.6) is 0 Å². The number of allylic oxidation sites excluding steroid dienone is 3. The highest BCUT2D eigenvalue weighted by Gasteiger charge is 2.48. The molecule has 2 aromatic heterocycles. The van der Waals surface area contributed by atoms with Crippen molar-refractivity contribution < 1.29 is 63.2 Å². The van der Waals surface area contributed by atoms with E-state index in [4.69, 9.17) is 33.2 Å². The second kappa shape index (κ2) is 24.2. The summed E-state index contributed by atoms with van der Waals surface area (Å²) < 4.78 is 44.4. The molecule has 0 saturated carbocycles. The molecule has 4 N–H and O–H groups in total. The number of ether oxygens (including phenoxy) is 7. The van der Waals surface area contributed by atoms with E-state index in [0.29, 0.717) is 31.5 Å². The molecule has 18 heteroatoms. The van der Waals surface area contributed by atoms with Crippen LogP contribution >= 0.6 is 0 Å². The molecule has 68 heavy (non-hydrogen) atoms. The van der Waals surface area contributed by atoms with Crippen LogP contribution in [0.2, 0.25) is 0 Å². The minimum absolute atomic E-state index is 0.0127. The van der Waals surface area contributed by atoms with Crippen LogP contribution in [0.15, 0.2) is 66.5 Å². The summed E-state index contributed by atoms with van der Waals surface area (Å²) in [4.78, 5) is 34.4. The number of rotatable bonds is 13. The van der Waals surface area contributed by atoms with Gasteiger partial charge in [0, 0.05) is 55.7 Å². The van der Waals surface area contributed by atoms with Crippen molar-refractivity contribution in [1.29, 1.82) is 0 Å². The van der Waals surface area contributed by atoms with Crippen molar-refractivity contribution in [3.8, 4) is 11.3 Å². The average Bonchev–Trinajstić information content (AvgIpc) is 3.80. The minimum atomic E-state index is -1.30. The Kier molecular flexibility index (Phi) is 19.0.